The van der Waals surface area contributed by atoms with Gasteiger partial charge in [-0.25, -0.2) is 9.41 Å². The van der Waals surface area contributed by atoms with Gasteiger partial charge < -0.3 is 5.43 Å². The maximum atomic E-state index is 4.38. The van der Waals surface area contributed by atoms with E-state index in [9.17, 15) is 0 Å². The number of aliphatic imine (C=N–C) groups is 1. The predicted molar refractivity (Wildman–Crippen MR) is 93.2 cm³/mol. The van der Waals surface area contributed by atoms with Gasteiger partial charge in [-0.1, -0.05) is 25.2 Å². The zero-order chi connectivity index (χ0) is 15.4. The fraction of sp³-hybridized carbons (Fsp3) is 0.467. The summed E-state index contributed by atoms with van der Waals surface area (Å²) >= 11 is 1.56. The molecule has 0 heterocycles. The van der Waals surface area contributed by atoms with Gasteiger partial charge in [-0.15, -0.1) is 0 Å². The quantitative estimate of drug-likeness (QED) is 0.232. The highest BCUT2D eigenvalue weighted by molar-refractivity contribution is 7.98. The van der Waals surface area contributed by atoms with Crippen LogP contribution in [0.4, 0.5) is 0 Å². The molecule has 20 heavy (non-hydrogen) atoms. The second kappa shape index (κ2) is 11.5. The van der Waals surface area contributed by atoms with E-state index in [2.05, 4.69) is 48.2 Å². The SMILES string of the molecule is C=CN=CC(C=C(C)C)=C(C=NSCCC)NN(C)C. The van der Waals surface area contributed by atoms with Gasteiger partial charge in [-0.05, 0) is 32.2 Å². The van der Waals surface area contributed by atoms with Crippen LogP contribution in [-0.4, -0.2) is 37.3 Å². The van der Waals surface area contributed by atoms with Gasteiger partial charge in [-0.3, -0.25) is 4.99 Å². The van der Waals surface area contributed by atoms with Crippen molar-refractivity contribution in [2.75, 3.05) is 19.8 Å². The first-order valence-electron chi connectivity index (χ1n) is 6.63. The summed E-state index contributed by atoms with van der Waals surface area (Å²) in [7, 11) is 3.88. The number of allylic oxidation sites excluding steroid dienone is 4. The van der Waals surface area contributed by atoms with Crippen LogP contribution in [-0.2, 0) is 0 Å². The van der Waals surface area contributed by atoms with Gasteiger partial charge in [-0.2, -0.15) is 0 Å². The molecule has 0 aromatic carbocycles. The van der Waals surface area contributed by atoms with E-state index in [0.29, 0.717) is 0 Å². The summed E-state index contributed by atoms with van der Waals surface area (Å²) in [6.07, 6.45) is 8.32. The number of rotatable bonds is 9. The van der Waals surface area contributed by atoms with Crippen molar-refractivity contribution in [3.63, 3.8) is 0 Å². The smallest absolute Gasteiger partial charge is 0.0768 e. The monoisotopic (exact) mass is 294 g/mol. The van der Waals surface area contributed by atoms with E-state index in [4.69, 9.17) is 0 Å². The molecule has 0 rings (SSSR count). The Morgan fingerprint density at radius 2 is 2.00 bits per heavy atom. The highest BCUT2D eigenvalue weighted by atomic mass is 32.2. The summed E-state index contributed by atoms with van der Waals surface area (Å²) in [6.45, 7) is 9.86. The molecule has 0 aromatic heterocycles. The zero-order valence-electron chi connectivity index (χ0n) is 13.2. The molecular weight excluding hydrogens is 268 g/mol. The molecule has 112 valence electrons. The van der Waals surface area contributed by atoms with Crippen molar-refractivity contribution < 1.29 is 0 Å². The molecule has 0 unspecified atom stereocenters. The highest BCUT2D eigenvalue weighted by Gasteiger charge is 2.02. The largest absolute Gasteiger partial charge is 0.317 e. The first-order valence-corrected chi connectivity index (χ1v) is 7.58. The van der Waals surface area contributed by atoms with Crippen LogP contribution in [0.5, 0.6) is 0 Å². The van der Waals surface area contributed by atoms with Crippen LogP contribution in [0.25, 0.3) is 0 Å². The minimum absolute atomic E-state index is 0.908. The van der Waals surface area contributed by atoms with Gasteiger partial charge in [0.15, 0.2) is 0 Å². The van der Waals surface area contributed by atoms with Crippen molar-refractivity contribution in [3.05, 3.63) is 35.7 Å². The second-order valence-electron chi connectivity index (χ2n) is 4.63. The molecule has 4 nitrogen and oxygen atoms in total. The van der Waals surface area contributed by atoms with E-state index >= 15 is 0 Å². The van der Waals surface area contributed by atoms with Crippen molar-refractivity contribution >= 4 is 24.4 Å². The Labute approximate surface area is 127 Å². The van der Waals surface area contributed by atoms with Crippen LogP contribution in [0.1, 0.15) is 27.2 Å². The average Bonchev–Trinajstić information content (AvgIpc) is 2.37. The summed E-state index contributed by atoms with van der Waals surface area (Å²) < 4.78 is 4.38. The first-order chi connectivity index (χ1) is 9.51. The third-order valence-electron chi connectivity index (χ3n) is 1.97. The van der Waals surface area contributed by atoms with Gasteiger partial charge in [0.2, 0.25) is 0 Å². The zero-order valence-corrected chi connectivity index (χ0v) is 14.0. The van der Waals surface area contributed by atoms with E-state index in [1.54, 1.807) is 18.2 Å². The fourth-order valence-corrected chi connectivity index (χ4v) is 1.74. The molecule has 0 spiro atoms. The number of hydrogen-bond donors (Lipinski definition) is 1. The summed E-state index contributed by atoms with van der Waals surface area (Å²) in [5.74, 6) is 1.02. The molecule has 0 aliphatic carbocycles. The van der Waals surface area contributed by atoms with Gasteiger partial charge in [0.25, 0.3) is 0 Å². The van der Waals surface area contributed by atoms with E-state index < -0.39 is 0 Å². The molecule has 0 aliphatic heterocycles. The standard InChI is InChI=1S/C15H26N4S/c1-7-9-20-17-12-15(18-19(5)6)14(10-13(3)4)11-16-8-2/h8,10-12,18H,2,7,9H2,1,3-6H3. The molecular formula is C15H26N4S. The van der Waals surface area contributed by atoms with Crippen LogP contribution < -0.4 is 5.43 Å². The molecule has 0 saturated heterocycles. The van der Waals surface area contributed by atoms with Crippen molar-refractivity contribution in [1.29, 1.82) is 0 Å². The number of hydrazine groups is 1. The lowest BCUT2D eigenvalue weighted by Crippen LogP contribution is -2.31. The van der Waals surface area contributed by atoms with Gasteiger partial charge in [0, 0.05) is 37.8 Å². The summed E-state index contributed by atoms with van der Waals surface area (Å²) in [5, 5.41) is 1.88. The van der Waals surface area contributed by atoms with E-state index in [0.717, 1.165) is 23.4 Å². The van der Waals surface area contributed by atoms with Crippen LogP contribution in [0.2, 0.25) is 0 Å². The molecule has 0 atom stereocenters. The molecule has 0 radical (unpaired) electrons. The van der Waals surface area contributed by atoms with Gasteiger partial charge in [0.05, 0.1) is 11.9 Å². The molecule has 0 amide bonds. The Morgan fingerprint density at radius 1 is 1.30 bits per heavy atom. The first kappa shape index (κ1) is 18.7. The van der Waals surface area contributed by atoms with Crippen LogP contribution >= 0.6 is 11.9 Å². The van der Waals surface area contributed by atoms with Gasteiger partial charge >= 0.3 is 0 Å². The van der Waals surface area contributed by atoms with Crippen LogP contribution in [0, 0.1) is 0 Å². The topological polar surface area (TPSA) is 40.0 Å². The molecule has 1 N–H and O–H groups in total. The van der Waals surface area contributed by atoms with Crippen molar-refractivity contribution in [3.8, 4) is 0 Å². The van der Waals surface area contributed by atoms with Crippen molar-refractivity contribution in [1.82, 2.24) is 10.4 Å². The Hall–Kier alpha value is -1.33. The summed E-state index contributed by atoms with van der Waals surface area (Å²) in [4.78, 5) is 4.11. The molecule has 0 fully saturated rings. The third-order valence-corrected chi connectivity index (χ3v) is 2.82. The Balaban J connectivity index is 5.37. The molecule has 0 saturated carbocycles. The van der Waals surface area contributed by atoms with E-state index in [1.165, 1.54) is 11.8 Å². The maximum absolute atomic E-state index is 4.38. The van der Waals surface area contributed by atoms with Crippen LogP contribution in [0.3, 0.4) is 0 Å². The lowest BCUT2D eigenvalue weighted by atomic mass is 10.1. The minimum atomic E-state index is 0.908. The Bertz CT molecular complexity index is 402. The number of nitrogens with zero attached hydrogens (tertiary/aromatic N) is 3. The average molecular weight is 294 g/mol. The lowest BCUT2D eigenvalue weighted by molar-refractivity contribution is 0.335. The Kier molecular flexibility index (Phi) is 10.7. The number of nitrogens with one attached hydrogen (secondary N) is 1. The molecule has 0 bridgehead atoms. The second-order valence-corrected chi connectivity index (χ2v) is 5.50. The lowest BCUT2D eigenvalue weighted by Gasteiger charge is -2.15. The van der Waals surface area contributed by atoms with E-state index in [-0.39, 0.29) is 0 Å². The van der Waals surface area contributed by atoms with Crippen molar-refractivity contribution in [2.24, 2.45) is 9.39 Å². The fourth-order valence-electron chi connectivity index (χ4n) is 1.27. The Morgan fingerprint density at radius 3 is 2.50 bits per heavy atom. The third kappa shape index (κ3) is 9.58. The summed E-state index contributed by atoms with van der Waals surface area (Å²) in [5.41, 5.74) is 6.33. The summed E-state index contributed by atoms with van der Waals surface area (Å²) in [6, 6.07) is 0. The molecule has 0 aliphatic rings. The predicted octanol–water partition coefficient (Wildman–Crippen LogP) is 3.62. The van der Waals surface area contributed by atoms with Crippen LogP contribution in [0.15, 0.2) is 45.1 Å². The number of hydrogen-bond acceptors (Lipinski definition) is 5. The van der Waals surface area contributed by atoms with Gasteiger partial charge in [0.1, 0.15) is 0 Å². The maximum Gasteiger partial charge on any atom is 0.0768 e. The normalized spacial score (nSPS) is 12.9. The highest BCUT2D eigenvalue weighted by Crippen LogP contribution is 2.08. The molecule has 5 heteroatoms. The molecule has 0 aromatic rings. The minimum Gasteiger partial charge on any atom is -0.317 e. The van der Waals surface area contributed by atoms with E-state index in [1.807, 2.05) is 25.3 Å². The van der Waals surface area contributed by atoms with Crippen molar-refractivity contribution in [2.45, 2.75) is 27.2 Å².